The molecule has 0 aromatic carbocycles. The molecule has 0 radical (unpaired) electrons. The molecule has 1 saturated carbocycles. The van der Waals surface area contributed by atoms with Gasteiger partial charge in [-0.1, -0.05) is 12.5 Å². The van der Waals surface area contributed by atoms with E-state index in [0.717, 1.165) is 69.6 Å². The minimum atomic E-state index is 0. The molecule has 2 heterocycles. The van der Waals surface area contributed by atoms with E-state index in [9.17, 15) is 0 Å². The fraction of sp³-hybridized carbons (Fsp3) is 0.727. The number of aromatic nitrogens is 1. The molecule has 0 bridgehead atoms. The summed E-state index contributed by atoms with van der Waals surface area (Å²) >= 11 is 0. The fourth-order valence-electron chi connectivity index (χ4n) is 4.03. The molecular formula is C22H39IN6O. The van der Waals surface area contributed by atoms with Crippen LogP contribution in [-0.2, 0) is 11.3 Å². The summed E-state index contributed by atoms with van der Waals surface area (Å²) in [5.74, 6) is 1.96. The van der Waals surface area contributed by atoms with Crippen LogP contribution in [0.4, 0.5) is 5.82 Å². The number of methoxy groups -OCH3 is 1. The van der Waals surface area contributed by atoms with Gasteiger partial charge >= 0.3 is 0 Å². The van der Waals surface area contributed by atoms with E-state index in [1.165, 1.54) is 19.3 Å². The number of halogens is 1. The number of hydrogen-bond acceptors (Lipinski definition) is 5. The maximum absolute atomic E-state index is 5.31. The number of rotatable bonds is 9. The van der Waals surface area contributed by atoms with Crippen molar-refractivity contribution in [2.45, 2.75) is 39.2 Å². The lowest BCUT2D eigenvalue weighted by atomic mass is 9.67. The van der Waals surface area contributed by atoms with E-state index in [1.54, 1.807) is 7.11 Å². The average Bonchev–Trinajstić information content (AvgIpc) is 2.72. The number of nitrogens with zero attached hydrogens (tertiary/aromatic N) is 4. The number of guanidine groups is 1. The monoisotopic (exact) mass is 530 g/mol. The van der Waals surface area contributed by atoms with E-state index in [2.05, 4.69) is 51.5 Å². The fourth-order valence-corrected chi connectivity index (χ4v) is 4.03. The molecule has 2 aliphatic rings. The Morgan fingerprint density at radius 1 is 1.20 bits per heavy atom. The first kappa shape index (κ1) is 25.1. The van der Waals surface area contributed by atoms with E-state index in [4.69, 9.17) is 9.73 Å². The number of piperazine rings is 1. The van der Waals surface area contributed by atoms with Gasteiger partial charge in [-0.2, -0.15) is 0 Å². The van der Waals surface area contributed by atoms with Gasteiger partial charge in [0.1, 0.15) is 5.82 Å². The minimum absolute atomic E-state index is 0. The van der Waals surface area contributed by atoms with Gasteiger partial charge in [0.2, 0.25) is 0 Å². The summed E-state index contributed by atoms with van der Waals surface area (Å²) in [6.45, 7) is 9.67. The number of aliphatic imine (C=N–C) groups is 1. The molecule has 2 N–H and O–H groups in total. The Hall–Kier alpha value is -1.13. The molecule has 0 amide bonds. The number of hydrogen-bond donors (Lipinski definition) is 2. The lowest BCUT2D eigenvalue weighted by Crippen LogP contribution is -2.47. The number of ether oxygens (including phenoxy) is 1. The van der Waals surface area contributed by atoms with Crippen LogP contribution in [0.2, 0.25) is 0 Å². The van der Waals surface area contributed by atoms with Crippen molar-refractivity contribution in [1.82, 2.24) is 20.5 Å². The van der Waals surface area contributed by atoms with Crippen molar-refractivity contribution in [2.24, 2.45) is 10.4 Å². The van der Waals surface area contributed by atoms with Gasteiger partial charge in [0, 0.05) is 59.2 Å². The summed E-state index contributed by atoms with van der Waals surface area (Å²) in [5.41, 5.74) is 1.51. The minimum Gasteiger partial charge on any atom is -0.385 e. The van der Waals surface area contributed by atoms with Crippen molar-refractivity contribution in [2.75, 3.05) is 64.9 Å². The second-order valence-corrected chi connectivity index (χ2v) is 8.46. The van der Waals surface area contributed by atoms with Gasteiger partial charge in [0.15, 0.2) is 5.96 Å². The summed E-state index contributed by atoms with van der Waals surface area (Å²) in [7, 11) is 3.96. The van der Waals surface area contributed by atoms with Crippen molar-refractivity contribution in [3.8, 4) is 0 Å². The third kappa shape index (κ3) is 7.23. The quantitative estimate of drug-likeness (QED) is 0.291. The second-order valence-electron chi connectivity index (χ2n) is 8.46. The van der Waals surface area contributed by atoms with Gasteiger partial charge in [-0.3, -0.25) is 0 Å². The van der Waals surface area contributed by atoms with Crippen molar-refractivity contribution in [1.29, 1.82) is 0 Å². The molecule has 1 aromatic rings. The summed E-state index contributed by atoms with van der Waals surface area (Å²) < 4.78 is 5.31. The molecule has 7 nitrogen and oxygen atoms in total. The van der Waals surface area contributed by atoms with Gasteiger partial charge < -0.3 is 25.2 Å². The van der Waals surface area contributed by atoms with Crippen LogP contribution in [-0.4, -0.2) is 75.9 Å². The number of anilines is 1. The number of pyridine rings is 1. The summed E-state index contributed by atoms with van der Waals surface area (Å²) in [5, 5.41) is 6.93. The van der Waals surface area contributed by atoms with Crippen LogP contribution in [0.15, 0.2) is 23.3 Å². The van der Waals surface area contributed by atoms with Crippen LogP contribution in [0.5, 0.6) is 0 Å². The highest BCUT2D eigenvalue weighted by atomic mass is 127. The Labute approximate surface area is 199 Å². The normalized spacial score (nSPS) is 19.0. The van der Waals surface area contributed by atoms with Gasteiger partial charge in [0.05, 0.1) is 6.54 Å². The predicted molar refractivity (Wildman–Crippen MR) is 135 cm³/mol. The molecule has 30 heavy (non-hydrogen) atoms. The zero-order valence-electron chi connectivity index (χ0n) is 18.8. The average molecular weight is 530 g/mol. The summed E-state index contributed by atoms with van der Waals surface area (Å²) in [4.78, 5) is 14.2. The van der Waals surface area contributed by atoms with Gasteiger partial charge in [-0.25, -0.2) is 9.98 Å². The van der Waals surface area contributed by atoms with Crippen LogP contribution in [0.25, 0.3) is 0 Å². The summed E-state index contributed by atoms with van der Waals surface area (Å²) in [6.07, 6.45) is 6.96. The first-order valence-corrected chi connectivity index (χ1v) is 11.0. The molecule has 0 spiro atoms. The van der Waals surface area contributed by atoms with Gasteiger partial charge in [-0.15, -0.1) is 24.0 Å². The van der Waals surface area contributed by atoms with Crippen LogP contribution >= 0.6 is 24.0 Å². The number of likely N-dealkylation sites (N-methyl/N-ethyl adjacent to an activating group) is 1. The zero-order valence-corrected chi connectivity index (χ0v) is 21.2. The Kier molecular flexibility index (Phi) is 10.6. The van der Waals surface area contributed by atoms with Crippen molar-refractivity contribution in [3.63, 3.8) is 0 Å². The molecular weight excluding hydrogens is 491 g/mol. The topological polar surface area (TPSA) is 65.0 Å². The Bertz CT molecular complexity index is 642. The lowest BCUT2D eigenvalue weighted by molar-refractivity contribution is 0.0732. The largest absolute Gasteiger partial charge is 0.385 e. The molecule has 1 aromatic heterocycles. The third-order valence-electron chi connectivity index (χ3n) is 6.28. The molecule has 0 atom stereocenters. The maximum Gasteiger partial charge on any atom is 0.191 e. The van der Waals surface area contributed by atoms with Crippen LogP contribution < -0.4 is 15.5 Å². The summed E-state index contributed by atoms with van der Waals surface area (Å²) in [6, 6.07) is 4.28. The van der Waals surface area contributed by atoms with E-state index in [-0.39, 0.29) is 24.0 Å². The highest BCUT2D eigenvalue weighted by Gasteiger charge is 2.36. The van der Waals surface area contributed by atoms with Gasteiger partial charge in [0.25, 0.3) is 0 Å². The second kappa shape index (κ2) is 12.7. The molecule has 0 unspecified atom stereocenters. The van der Waals surface area contributed by atoms with E-state index >= 15 is 0 Å². The third-order valence-corrected chi connectivity index (χ3v) is 6.28. The standard InChI is InChI=1S/C22H38N6O.HI/c1-4-23-21(26-18-22(8-5-9-22)10-15-29-3)25-17-19-6-7-20(24-16-19)28-13-11-27(2)12-14-28;/h6-7,16H,4-5,8-15,17-18H2,1-3H3,(H2,23,25,26);1H. The maximum atomic E-state index is 5.31. The van der Waals surface area contributed by atoms with Crippen LogP contribution in [0.3, 0.4) is 0 Å². The zero-order chi connectivity index (χ0) is 20.5. The first-order valence-electron chi connectivity index (χ1n) is 11.0. The molecule has 1 aliphatic heterocycles. The van der Waals surface area contributed by atoms with Crippen LogP contribution in [0.1, 0.15) is 38.2 Å². The van der Waals surface area contributed by atoms with E-state index in [1.807, 2.05) is 6.20 Å². The van der Waals surface area contributed by atoms with Crippen molar-refractivity contribution < 1.29 is 4.74 Å². The Morgan fingerprint density at radius 3 is 2.53 bits per heavy atom. The Morgan fingerprint density at radius 2 is 1.97 bits per heavy atom. The van der Waals surface area contributed by atoms with E-state index in [0.29, 0.717) is 12.0 Å². The molecule has 170 valence electrons. The molecule has 2 fully saturated rings. The Balaban J connectivity index is 0.00000320. The highest BCUT2D eigenvalue weighted by molar-refractivity contribution is 14.0. The van der Waals surface area contributed by atoms with Crippen molar-refractivity contribution >= 4 is 35.8 Å². The lowest BCUT2D eigenvalue weighted by Gasteiger charge is -2.42. The predicted octanol–water partition coefficient (Wildman–Crippen LogP) is 2.71. The smallest absolute Gasteiger partial charge is 0.191 e. The molecule has 3 rings (SSSR count). The van der Waals surface area contributed by atoms with Crippen LogP contribution in [0, 0.1) is 5.41 Å². The SMILES string of the molecule is CCNC(=NCc1ccc(N2CCN(C)CC2)nc1)NCC1(CCOC)CCC1.I. The molecule has 1 saturated heterocycles. The first-order chi connectivity index (χ1) is 14.1. The highest BCUT2D eigenvalue weighted by Crippen LogP contribution is 2.43. The van der Waals surface area contributed by atoms with E-state index < -0.39 is 0 Å². The molecule has 8 heteroatoms. The molecule has 1 aliphatic carbocycles. The number of nitrogens with one attached hydrogen (secondary N) is 2. The van der Waals surface area contributed by atoms with Gasteiger partial charge in [-0.05, 0) is 50.3 Å². The van der Waals surface area contributed by atoms with Crippen molar-refractivity contribution in [3.05, 3.63) is 23.9 Å².